The van der Waals surface area contributed by atoms with Crippen molar-refractivity contribution in [1.29, 1.82) is 0 Å². The zero-order valence-electron chi connectivity index (χ0n) is 14.0. The molecule has 0 spiro atoms. The molecular formula is C17H19N5O2S. The fraction of sp³-hybridized carbons (Fsp3) is 0.412. The van der Waals surface area contributed by atoms with Gasteiger partial charge in [0.05, 0.1) is 6.20 Å². The van der Waals surface area contributed by atoms with Gasteiger partial charge >= 0.3 is 0 Å². The van der Waals surface area contributed by atoms with Crippen molar-refractivity contribution in [3.8, 4) is 11.3 Å². The van der Waals surface area contributed by atoms with Gasteiger partial charge in [0.15, 0.2) is 12.1 Å². The molecule has 130 valence electrons. The topological polar surface area (TPSA) is 77.0 Å². The van der Waals surface area contributed by atoms with E-state index in [1.165, 1.54) is 6.39 Å². The van der Waals surface area contributed by atoms with Crippen molar-refractivity contribution in [2.75, 3.05) is 13.1 Å². The molecule has 1 saturated heterocycles. The van der Waals surface area contributed by atoms with Gasteiger partial charge in [-0.05, 0) is 37.1 Å². The third-order valence-corrected chi connectivity index (χ3v) is 5.33. The Labute approximate surface area is 149 Å². The number of amides is 1. The quantitative estimate of drug-likeness (QED) is 0.717. The van der Waals surface area contributed by atoms with Crippen LogP contribution in [0.4, 0.5) is 0 Å². The third kappa shape index (κ3) is 3.34. The lowest BCUT2D eigenvalue weighted by Crippen LogP contribution is -2.39. The lowest BCUT2D eigenvalue weighted by Gasteiger charge is -2.31. The summed E-state index contributed by atoms with van der Waals surface area (Å²) in [6.45, 7) is 4.08. The minimum absolute atomic E-state index is 0.0369. The normalized spacial score (nSPS) is 15.6. The summed E-state index contributed by atoms with van der Waals surface area (Å²) in [4.78, 5) is 18.3. The number of nitrogens with zero attached hydrogens (tertiary/aromatic N) is 5. The Bertz CT molecular complexity index is 846. The Balaban J connectivity index is 1.33. The molecule has 1 aliphatic heterocycles. The van der Waals surface area contributed by atoms with E-state index in [2.05, 4.69) is 26.7 Å². The van der Waals surface area contributed by atoms with Crippen molar-refractivity contribution < 1.29 is 9.21 Å². The molecule has 0 saturated carbocycles. The maximum atomic E-state index is 12.5. The van der Waals surface area contributed by atoms with E-state index in [1.54, 1.807) is 18.3 Å². The minimum Gasteiger partial charge on any atom is -0.448 e. The highest BCUT2D eigenvalue weighted by Gasteiger charge is 2.26. The molecule has 0 unspecified atom stereocenters. The van der Waals surface area contributed by atoms with Crippen LogP contribution in [0.25, 0.3) is 11.3 Å². The summed E-state index contributed by atoms with van der Waals surface area (Å²) in [7, 11) is 0. The standard InChI is InChI=1S/C17H19N5O2S/c1-12-16(18-11-24-12)17(23)21-5-2-13(3-6-21)8-22-9-15(19-20-22)14-4-7-25-10-14/h4,7,9-11,13H,2-3,5-6,8H2,1H3. The molecule has 1 amide bonds. The van der Waals surface area contributed by atoms with Crippen molar-refractivity contribution in [1.82, 2.24) is 24.9 Å². The average molecular weight is 357 g/mol. The molecule has 1 fully saturated rings. The van der Waals surface area contributed by atoms with Gasteiger partial charge in [-0.3, -0.25) is 9.48 Å². The van der Waals surface area contributed by atoms with Gasteiger partial charge in [-0.1, -0.05) is 5.21 Å². The van der Waals surface area contributed by atoms with E-state index in [4.69, 9.17) is 4.42 Å². The summed E-state index contributed by atoms with van der Waals surface area (Å²) >= 11 is 1.66. The van der Waals surface area contributed by atoms with Crippen LogP contribution in [0.1, 0.15) is 29.1 Å². The Morgan fingerprint density at radius 3 is 2.92 bits per heavy atom. The second-order valence-corrected chi connectivity index (χ2v) is 7.11. The van der Waals surface area contributed by atoms with Crippen LogP contribution in [0, 0.1) is 12.8 Å². The van der Waals surface area contributed by atoms with E-state index in [9.17, 15) is 4.79 Å². The van der Waals surface area contributed by atoms with Gasteiger partial charge in [-0.25, -0.2) is 4.98 Å². The molecule has 0 radical (unpaired) electrons. The first-order valence-electron chi connectivity index (χ1n) is 8.33. The molecule has 0 N–H and O–H groups in total. The summed E-state index contributed by atoms with van der Waals surface area (Å²) < 4.78 is 7.05. The van der Waals surface area contributed by atoms with E-state index in [1.807, 2.05) is 21.2 Å². The molecule has 0 atom stereocenters. The van der Waals surface area contributed by atoms with E-state index in [0.29, 0.717) is 17.4 Å². The molecular weight excluding hydrogens is 338 g/mol. The summed E-state index contributed by atoms with van der Waals surface area (Å²) in [5, 5.41) is 12.6. The number of aryl methyl sites for hydroxylation is 1. The molecule has 4 rings (SSSR count). The SMILES string of the molecule is Cc1ocnc1C(=O)N1CCC(Cn2cc(-c3ccsc3)nn2)CC1. The molecule has 0 aliphatic carbocycles. The number of likely N-dealkylation sites (tertiary alicyclic amines) is 1. The first-order chi connectivity index (χ1) is 12.2. The Kier molecular flexibility index (Phi) is 4.35. The number of hydrogen-bond donors (Lipinski definition) is 0. The first kappa shape index (κ1) is 16.0. The van der Waals surface area contributed by atoms with Gasteiger partial charge in [0.2, 0.25) is 0 Å². The van der Waals surface area contributed by atoms with Gasteiger partial charge < -0.3 is 9.32 Å². The third-order valence-electron chi connectivity index (χ3n) is 4.65. The van der Waals surface area contributed by atoms with Crippen LogP contribution >= 0.6 is 11.3 Å². The van der Waals surface area contributed by atoms with Crippen molar-refractivity contribution in [2.45, 2.75) is 26.3 Å². The minimum atomic E-state index is -0.0369. The van der Waals surface area contributed by atoms with E-state index < -0.39 is 0 Å². The molecule has 7 nitrogen and oxygen atoms in total. The van der Waals surface area contributed by atoms with Crippen LogP contribution in [0.15, 0.2) is 33.8 Å². The highest BCUT2D eigenvalue weighted by atomic mass is 32.1. The molecule has 4 heterocycles. The number of carbonyl (C=O) groups is 1. The first-order valence-corrected chi connectivity index (χ1v) is 9.27. The van der Waals surface area contributed by atoms with Crippen LogP contribution in [0.3, 0.4) is 0 Å². The maximum absolute atomic E-state index is 12.5. The summed E-state index contributed by atoms with van der Waals surface area (Å²) in [5.74, 6) is 1.04. The van der Waals surface area contributed by atoms with Crippen molar-refractivity contribution in [2.24, 2.45) is 5.92 Å². The molecule has 0 bridgehead atoms. The average Bonchev–Trinajstić information content (AvgIpc) is 3.36. The molecule has 3 aromatic rings. The molecule has 1 aliphatic rings. The zero-order valence-corrected chi connectivity index (χ0v) is 14.8. The largest absolute Gasteiger partial charge is 0.448 e. The number of oxazole rings is 1. The van der Waals surface area contributed by atoms with Gasteiger partial charge in [0, 0.05) is 30.6 Å². The second-order valence-electron chi connectivity index (χ2n) is 6.33. The van der Waals surface area contributed by atoms with Crippen LogP contribution in [0.2, 0.25) is 0 Å². The number of piperidine rings is 1. The lowest BCUT2D eigenvalue weighted by molar-refractivity contribution is 0.0674. The maximum Gasteiger partial charge on any atom is 0.276 e. The molecule has 25 heavy (non-hydrogen) atoms. The summed E-state index contributed by atoms with van der Waals surface area (Å²) in [6, 6.07) is 2.05. The summed E-state index contributed by atoms with van der Waals surface area (Å²) in [5.41, 5.74) is 2.45. The predicted molar refractivity (Wildman–Crippen MR) is 93.2 cm³/mol. The van der Waals surface area contributed by atoms with Crippen LogP contribution in [-0.4, -0.2) is 43.9 Å². The summed E-state index contributed by atoms with van der Waals surface area (Å²) in [6.07, 6.45) is 5.23. The van der Waals surface area contributed by atoms with Gasteiger partial charge in [0.1, 0.15) is 11.5 Å². The van der Waals surface area contributed by atoms with Gasteiger partial charge in [-0.15, -0.1) is 5.10 Å². The fourth-order valence-electron chi connectivity index (χ4n) is 3.17. The second kappa shape index (κ2) is 6.79. The van der Waals surface area contributed by atoms with E-state index in [0.717, 1.165) is 43.7 Å². The predicted octanol–water partition coefficient (Wildman–Crippen LogP) is 2.86. The lowest BCUT2D eigenvalue weighted by atomic mass is 9.96. The smallest absolute Gasteiger partial charge is 0.276 e. The number of thiophene rings is 1. The highest BCUT2D eigenvalue weighted by Crippen LogP contribution is 2.23. The Morgan fingerprint density at radius 2 is 2.24 bits per heavy atom. The highest BCUT2D eigenvalue weighted by molar-refractivity contribution is 7.08. The van der Waals surface area contributed by atoms with E-state index >= 15 is 0 Å². The fourth-order valence-corrected chi connectivity index (χ4v) is 3.82. The number of rotatable bonds is 4. The van der Waals surface area contributed by atoms with Crippen LogP contribution in [-0.2, 0) is 6.54 Å². The van der Waals surface area contributed by atoms with Crippen LogP contribution in [0.5, 0.6) is 0 Å². The monoisotopic (exact) mass is 357 g/mol. The van der Waals surface area contributed by atoms with E-state index in [-0.39, 0.29) is 5.91 Å². The number of carbonyl (C=O) groups excluding carboxylic acids is 1. The molecule has 8 heteroatoms. The van der Waals surface area contributed by atoms with Crippen molar-refractivity contribution in [3.63, 3.8) is 0 Å². The Hall–Kier alpha value is -2.48. The number of hydrogen-bond acceptors (Lipinski definition) is 6. The van der Waals surface area contributed by atoms with Crippen molar-refractivity contribution >= 4 is 17.2 Å². The van der Waals surface area contributed by atoms with Crippen molar-refractivity contribution in [3.05, 3.63) is 40.9 Å². The zero-order chi connectivity index (χ0) is 17.2. The van der Waals surface area contributed by atoms with Gasteiger partial charge in [-0.2, -0.15) is 11.3 Å². The molecule has 0 aromatic carbocycles. The molecule has 3 aromatic heterocycles. The van der Waals surface area contributed by atoms with Crippen LogP contribution < -0.4 is 0 Å². The Morgan fingerprint density at radius 1 is 1.40 bits per heavy atom. The van der Waals surface area contributed by atoms with Gasteiger partial charge in [0.25, 0.3) is 5.91 Å². The number of aromatic nitrogens is 4.